The van der Waals surface area contributed by atoms with Gasteiger partial charge in [0.25, 0.3) is 5.91 Å². The third kappa shape index (κ3) is 9.66. The average Bonchev–Trinajstić information content (AvgIpc) is 2.77. The highest BCUT2D eigenvalue weighted by molar-refractivity contribution is 5.83. The van der Waals surface area contributed by atoms with Crippen LogP contribution >= 0.6 is 0 Å². The van der Waals surface area contributed by atoms with Crippen molar-refractivity contribution in [1.29, 1.82) is 0 Å². The Morgan fingerprint density at radius 2 is 1.80 bits per heavy atom. The summed E-state index contributed by atoms with van der Waals surface area (Å²) in [5.41, 5.74) is 6.89. The lowest BCUT2D eigenvalue weighted by Crippen LogP contribution is -2.33. The minimum atomic E-state index is -2.66. The van der Waals surface area contributed by atoms with Crippen molar-refractivity contribution in [1.82, 2.24) is 5.48 Å². The van der Waals surface area contributed by atoms with Crippen molar-refractivity contribution in [3.05, 3.63) is 48.6 Å². The van der Waals surface area contributed by atoms with E-state index in [2.05, 4.69) is 30.7 Å². The molecule has 0 heterocycles. The van der Waals surface area contributed by atoms with Gasteiger partial charge in [0.2, 0.25) is 12.8 Å². The fourth-order valence-electron chi connectivity index (χ4n) is 3.37. The van der Waals surface area contributed by atoms with Gasteiger partial charge < -0.3 is 5.73 Å². The maximum atomic E-state index is 13.0. The van der Waals surface area contributed by atoms with Gasteiger partial charge in [0, 0.05) is 17.9 Å². The van der Waals surface area contributed by atoms with Gasteiger partial charge in [-0.3, -0.25) is 14.8 Å². The monoisotopic (exact) mass is 422 g/mol. The van der Waals surface area contributed by atoms with E-state index >= 15 is 0 Å². The number of primary amides is 1. The van der Waals surface area contributed by atoms with Crippen molar-refractivity contribution in [2.75, 3.05) is 0 Å². The van der Waals surface area contributed by atoms with E-state index in [0.717, 1.165) is 12.0 Å². The van der Waals surface area contributed by atoms with Crippen molar-refractivity contribution in [3.63, 3.8) is 0 Å². The summed E-state index contributed by atoms with van der Waals surface area (Å²) >= 11 is 0. The summed E-state index contributed by atoms with van der Waals surface area (Å²) in [6, 6.07) is 6.73. The first-order valence-corrected chi connectivity index (χ1v) is 9.90. The summed E-state index contributed by atoms with van der Waals surface area (Å²) in [7, 11) is 0. The molecule has 5 nitrogen and oxygen atoms in total. The molecule has 2 rings (SSSR count). The van der Waals surface area contributed by atoms with Crippen LogP contribution in [0.4, 0.5) is 8.78 Å². The Labute approximate surface area is 177 Å². The number of hydrogen-bond acceptors (Lipinski definition) is 3. The predicted molar refractivity (Wildman–Crippen MR) is 114 cm³/mol. The zero-order chi connectivity index (χ0) is 22.9. The van der Waals surface area contributed by atoms with Crippen LogP contribution in [0.25, 0.3) is 0 Å². The molecular formula is C23H32F2N2O3. The summed E-state index contributed by atoms with van der Waals surface area (Å²) in [5.74, 6) is 3.87. The number of benzene rings is 1. The summed E-state index contributed by atoms with van der Waals surface area (Å²) in [5, 5.41) is 8.82. The lowest BCUT2D eigenvalue weighted by molar-refractivity contribution is -0.133. The van der Waals surface area contributed by atoms with E-state index in [1.165, 1.54) is 44.5 Å². The number of rotatable bonds is 5. The number of carbonyl (C=O) groups is 2. The zero-order valence-corrected chi connectivity index (χ0v) is 17.4. The van der Waals surface area contributed by atoms with Gasteiger partial charge in [-0.05, 0) is 36.5 Å². The number of hydroxylamine groups is 1. The molecule has 4 N–H and O–H groups in total. The molecule has 1 aromatic carbocycles. The van der Waals surface area contributed by atoms with E-state index in [1.807, 2.05) is 0 Å². The molecule has 1 aliphatic carbocycles. The number of hydrogen-bond donors (Lipinski definition) is 3. The van der Waals surface area contributed by atoms with Crippen LogP contribution in [0.1, 0.15) is 62.5 Å². The van der Waals surface area contributed by atoms with Gasteiger partial charge in [0.05, 0.1) is 5.92 Å². The summed E-state index contributed by atoms with van der Waals surface area (Å²) in [6.45, 7) is 7.29. The van der Waals surface area contributed by atoms with Crippen LogP contribution < -0.4 is 11.2 Å². The van der Waals surface area contributed by atoms with Crippen LogP contribution in [0.3, 0.4) is 0 Å². The topological polar surface area (TPSA) is 92.4 Å². The lowest BCUT2D eigenvalue weighted by Gasteiger charge is -2.21. The maximum absolute atomic E-state index is 13.0. The van der Waals surface area contributed by atoms with E-state index in [1.54, 1.807) is 24.3 Å². The average molecular weight is 423 g/mol. The third-order valence-corrected chi connectivity index (χ3v) is 4.93. The van der Waals surface area contributed by atoms with Gasteiger partial charge in [-0.1, -0.05) is 50.2 Å². The summed E-state index contributed by atoms with van der Waals surface area (Å²) in [6.07, 6.45) is 4.88. The van der Waals surface area contributed by atoms with E-state index in [9.17, 15) is 13.6 Å². The number of carbonyl (C=O) groups excluding carboxylic acids is 2. The van der Waals surface area contributed by atoms with Crippen molar-refractivity contribution in [2.24, 2.45) is 17.6 Å². The molecule has 1 aliphatic rings. The number of alkyl halides is 2. The Morgan fingerprint density at radius 3 is 2.27 bits per heavy atom. The fraction of sp³-hybridized carbons (Fsp3) is 0.478. The molecule has 7 heteroatoms. The van der Waals surface area contributed by atoms with Gasteiger partial charge >= 0.3 is 0 Å². The van der Waals surface area contributed by atoms with E-state index < -0.39 is 24.2 Å². The summed E-state index contributed by atoms with van der Waals surface area (Å²) in [4.78, 5) is 20.4. The molecule has 2 unspecified atom stereocenters. The van der Waals surface area contributed by atoms with Crippen LogP contribution in [-0.4, -0.2) is 23.9 Å². The van der Waals surface area contributed by atoms with Crippen molar-refractivity contribution in [3.8, 4) is 11.8 Å². The molecule has 0 radical (unpaired) electrons. The first kappa shape index (κ1) is 27.3. The Hall–Kier alpha value is -2.72. The predicted octanol–water partition coefficient (Wildman–Crippen LogP) is 4.40. The van der Waals surface area contributed by atoms with E-state index in [4.69, 9.17) is 10.0 Å². The highest BCUT2D eigenvalue weighted by Gasteiger charge is 2.32. The minimum Gasteiger partial charge on any atom is -0.372 e. The molecule has 166 valence electrons. The van der Waals surface area contributed by atoms with Gasteiger partial charge in [-0.25, -0.2) is 14.3 Å². The van der Waals surface area contributed by atoms with Crippen LogP contribution in [0.2, 0.25) is 0 Å². The molecule has 0 aromatic heterocycles. The maximum Gasteiger partial charge on any atom is 0.251 e. The van der Waals surface area contributed by atoms with Gasteiger partial charge in [-0.2, -0.15) is 0 Å². The quantitative estimate of drug-likeness (QED) is 0.216. The Balaban J connectivity index is 0.00000154. The standard InChI is InChI=1S/C20H25F2NO2.C2H4.CH3NO/c1-14(19(21)22)18(20(24)23-25)17-12-10-16(11-13-17)9-5-8-15-6-3-2-4-7-15;1-2;2-1-3/h10-15,18-19,25H,2-4,6-8H2,1H3,(H,23,24);1-2H2;1H,(H2,2,3). The molecular weight excluding hydrogens is 390 g/mol. The number of halogens is 2. The third-order valence-electron chi connectivity index (χ3n) is 4.93. The SMILES string of the molecule is C=C.CC(C(F)F)C(C(=O)NO)c1ccc(C#CCC2CCCCC2)cc1.NC=O. The second-order valence-electron chi connectivity index (χ2n) is 6.92. The highest BCUT2D eigenvalue weighted by atomic mass is 19.3. The van der Waals surface area contributed by atoms with Crippen LogP contribution in [0, 0.1) is 23.7 Å². The first-order chi connectivity index (χ1) is 14.4. The van der Waals surface area contributed by atoms with Crippen LogP contribution in [0.5, 0.6) is 0 Å². The molecule has 0 bridgehead atoms. The largest absolute Gasteiger partial charge is 0.372 e. The zero-order valence-electron chi connectivity index (χ0n) is 17.4. The summed E-state index contributed by atoms with van der Waals surface area (Å²) < 4.78 is 26.0. The minimum absolute atomic E-state index is 0.250. The van der Waals surface area contributed by atoms with Gasteiger partial charge in [-0.15, -0.1) is 13.2 Å². The molecule has 1 aromatic rings. The van der Waals surface area contributed by atoms with Crippen molar-refractivity contribution < 1.29 is 23.6 Å². The van der Waals surface area contributed by atoms with Crippen LogP contribution in [0.15, 0.2) is 37.4 Å². The molecule has 2 amide bonds. The Bertz CT molecular complexity index is 678. The molecule has 1 fully saturated rings. The first-order valence-electron chi connectivity index (χ1n) is 9.90. The van der Waals surface area contributed by atoms with Crippen molar-refractivity contribution >= 4 is 12.3 Å². The second kappa shape index (κ2) is 16.1. The smallest absolute Gasteiger partial charge is 0.251 e. The van der Waals surface area contributed by atoms with Gasteiger partial charge in [0.15, 0.2) is 0 Å². The number of nitrogens with one attached hydrogen (secondary N) is 1. The molecule has 0 aliphatic heterocycles. The fourth-order valence-corrected chi connectivity index (χ4v) is 3.37. The van der Waals surface area contributed by atoms with E-state index in [-0.39, 0.29) is 6.41 Å². The molecule has 0 spiro atoms. The van der Waals surface area contributed by atoms with Crippen LogP contribution in [-0.2, 0) is 9.59 Å². The van der Waals surface area contributed by atoms with Gasteiger partial charge in [0.1, 0.15) is 0 Å². The molecule has 0 saturated heterocycles. The number of nitrogens with two attached hydrogens (primary N) is 1. The Kier molecular flexibility index (Phi) is 14.7. The normalized spacial score (nSPS) is 15.1. The number of amides is 2. The molecule has 30 heavy (non-hydrogen) atoms. The van der Waals surface area contributed by atoms with Crippen molar-refractivity contribution in [2.45, 2.75) is 57.8 Å². The highest BCUT2D eigenvalue weighted by Crippen LogP contribution is 2.30. The van der Waals surface area contributed by atoms with E-state index in [0.29, 0.717) is 11.5 Å². The lowest BCUT2D eigenvalue weighted by atomic mass is 9.86. The Morgan fingerprint density at radius 1 is 1.27 bits per heavy atom. The second-order valence-corrected chi connectivity index (χ2v) is 6.92. The molecule has 1 saturated carbocycles. The molecule has 2 atom stereocenters.